The SMILES string of the molecule is OCC1CCCCC1Nc1cc(F)ncn1. The van der Waals surface area contributed by atoms with Gasteiger partial charge in [0.1, 0.15) is 12.1 Å². The van der Waals surface area contributed by atoms with Crippen molar-refractivity contribution in [2.24, 2.45) is 5.92 Å². The Morgan fingerprint density at radius 2 is 2.19 bits per heavy atom. The molecule has 2 N–H and O–H groups in total. The number of rotatable bonds is 3. The largest absolute Gasteiger partial charge is 0.396 e. The van der Waals surface area contributed by atoms with Crippen LogP contribution >= 0.6 is 0 Å². The molecule has 0 aliphatic heterocycles. The Morgan fingerprint density at radius 1 is 1.38 bits per heavy atom. The van der Waals surface area contributed by atoms with Crippen molar-refractivity contribution in [1.82, 2.24) is 9.97 Å². The van der Waals surface area contributed by atoms with Crippen LogP contribution in [0.15, 0.2) is 12.4 Å². The Kier molecular flexibility index (Phi) is 3.66. The molecule has 1 heterocycles. The standard InChI is InChI=1S/C11H16FN3O/c12-10-5-11(14-7-13-10)15-9-4-2-1-3-8(9)6-16/h5,7-9,16H,1-4,6H2,(H,13,14,15). The van der Waals surface area contributed by atoms with E-state index in [4.69, 9.17) is 0 Å². The molecule has 1 aromatic heterocycles. The number of aliphatic hydroxyl groups excluding tert-OH is 1. The number of aliphatic hydroxyl groups is 1. The molecule has 4 nitrogen and oxygen atoms in total. The first-order chi connectivity index (χ1) is 7.79. The van der Waals surface area contributed by atoms with Gasteiger partial charge in [0.25, 0.3) is 0 Å². The fourth-order valence-electron chi connectivity index (χ4n) is 2.22. The van der Waals surface area contributed by atoms with Crippen molar-refractivity contribution in [3.8, 4) is 0 Å². The van der Waals surface area contributed by atoms with Gasteiger partial charge >= 0.3 is 0 Å². The lowest BCUT2D eigenvalue weighted by molar-refractivity contribution is 0.178. The summed E-state index contributed by atoms with van der Waals surface area (Å²) in [5.74, 6) is 0.207. The molecule has 0 aromatic carbocycles. The second kappa shape index (κ2) is 5.21. The van der Waals surface area contributed by atoms with Crippen LogP contribution in [0.25, 0.3) is 0 Å². The zero-order valence-corrected chi connectivity index (χ0v) is 9.06. The van der Waals surface area contributed by atoms with E-state index in [0.717, 1.165) is 25.7 Å². The van der Waals surface area contributed by atoms with Crippen LogP contribution in [0.1, 0.15) is 25.7 Å². The molecule has 16 heavy (non-hydrogen) atoms. The first kappa shape index (κ1) is 11.3. The number of anilines is 1. The first-order valence-corrected chi connectivity index (χ1v) is 5.64. The van der Waals surface area contributed by atoms with Crippen LogP contribution in [0, 0.1) is 11.9 Å². The molecule has 0 spiro atoms. The average molecular weight is 225 g/mol. The first-order valence-electron chi connectivity index (χ1n) is 5.64. The van der Waals surface area contributed by atoms with Crippen LogP contribution in [0.2, 0.25) is 0 Å². The average Bonchev–Trinajstić information content (AvgIpc) is 2.30. The van der Waals surface area contributed by atoms with E-state index >= 15 is 0 Å². The summed E-state index contributed by atoms with van der Waals surface area (Å²) in [6, 6.07) is 1.47. The van der Waals surface area contributed by atoms with Crippen LogP contribution in [0.4, 0.5) is 10.2 Å². The number of nitrogens with zero attached hydrogens (tertiary/aromatic N) is 2. The maximum absolute atomic E-state index is 12.9. The van der Waals surface area contributed by atoms with E-state index in [1.807, 2.05) is 0 Å². The van der Waals surface area contributed by atoms with E-state index in [0.29, 0.717) is 5.82 Å². The molecule has 1 aliphatic carbocycles. The van der Waals surface area contributed by atoms with E-state index in [9.17, 15) is 9.50 Å². The quantitative estimate of drug-likeness (QED) is 0.767. The summed E-state index contributed by atoms with van der Waals surface area (Å²) in [6.45, 7) is 0.172. The van der Waals surface area contributed by atoms with Crippen LogP contribution in [0.3, 0.4) is 0 Å². The molecule has 88 valence electrons. The summed E-state index contributed by atoms with van der Waals surface area (Å²) in [6.07, 6.45) is 5.51. The molecule has 5 heteroatoms. The van der Waals surface area contributed by atoms with Crippen molar-refractivity contribution >= 4 is 5.82 Å². The normalized spacial score (nSPS) is 25.4. The predicted molar refractivity (Wildman–Crippen MR) is 58.4 cm³/mol. The zero-order valence-electron chi connectivity index (χ0n) is 9.06. The van der Waals surface area contributed by atoms with E-state index in [1.54, 1.807) is 0 Å². The van der Waals surface area contributed by atoms with Gasteiger partial charge in [0.2, 0.25) is 5.95 Å². The monoisotopic (exact) mass is 225 g/mol. The maximum Gasteiger partial charge on any atom is 0.217 e. The molecular formula is C11H16FN3O. The van der Waals surface area contributed by atoms with Crippen molar-refractivity contribution in [1.29, 1.82) is 0 Å². The minimum atomic E-state index is -0.533. The molecule has 2 rings (SSSR count). The second-order valence-electron chi connectivity index (χ2n) is 4.20. The van der Waals surface area contributed by atoms with Gasteiger partial charge in [-0.1, -0.05) is 12.8 Å². The van der Waals surface area contributed by atoms with Crippen LogP contribution in [-0.4, -0.2) is 27.7 Å². The van der Waals surface area contributed by atoms with Gasteiger partial charge in [0, 0.05) is 24.6 Å². The third kappa shape index (κ3) is 2.66. The van der Waals surface area contributed by atoms with Crippen molar-refractivity contribution in [3.63, 3.8) is 0 Å². The van der Waals surface area contributed by atoms with Crippen molar-refractivity contribution in [2.45, 2.75) is 31.7 Å². The highest BCUT2D eigenvalue weighted by molar-refractivity contribution is 5.33. The fourth-order valence-corrected chi connectivity index (χ4v) is 2.22. The van der Waals surface area contributed by atoms with Gasteiger partial charge < -0.3 is 10.4 Å². The van der Waals surface area contributed by atoms with Crippen molar-refractivity contribution in [2.75, 3.05) is 11.9 Å². The highest BCUT2D eigenvalue weighted by Crippen LogP contribution is 2.26. The Bertz CT molecular complexity index is 348. The number of hydrogen-bond donors (Lipinski definition) is 2. The van der Waals surface area contributed by atoms with Gasteiger partial charge in [-0.05, 0) is 12.8 Å². The molecule has 0 bridgehead atoms. The highest BCUT2D eigenvalue weighted by Gasteiger charge is 2.24. The number of nitrogens with one attached hydrogen (secondary N) is 1. The van der Waals surface area contributed by atoms with Crippen molar-refractivity contribution < 1.29 is 9.50 Å². The van der Waals surface area contributed by atoms with Crippen LogP contribution in [-0.2, 0) is 0 Å². The molecule has 1 aromatic rings. The molecule has 0 amide bonds. The molecule has 1 saturated carbocycles. The molecule has 1 aliphatic rings. The van der Waals surface area contributed by atoms with Gasteiger partial charge in [-0.3, -0.25) is 0 Å². The fraction of sp³-hybridized carbons (Fsp3) is 0.636. The van der Waals surface area contributed by atoms with E-state index in [-0.39, 0.29) is 18.6 Å². The maximum atomic E-state index is 12.9. The topological polar surface area (TPSA) is 58.0 Å². The summed E-state index contributed by atoms with van der Waals surface area (Å²) in [7, 11) is 0. The number of halogens is 1. The number of hydrogen-bond acceptors (Lipinski definition) is 4. The van der Waals surface area contributed by atoms with Crippen LogP contribution in [0.5, 0.6) is 0 Å². The lowest BCUT2D eigenvalue weighted by atomic mass is 9.85. The molecular weight excluding hydrogens is 209 g/mol. The van der Waals surface area contributed by atoms with Gasteiger partial charge in [0.05, 0.1) is 0 Å². The summed E-state index contributed by atoms with van der Waals surface area (Å²) < 4.78 is 12.9. The van der Waals surface area contributed by atoms with Gasteiger partial charge in [0.15, 0.2) is 0 Å². The lowest BCUT2D eigenvalue weighted by Gasteiger charge is -2.31. The molecule has 0 saturated heterocycles. The summed E-state index contributed by atoms with van der Waals surface area (Å²) in [5.41, 5.74) is 0. The van der Waals surface area contributed by atoms with E-state index in [2.05, 4.69) is 15.3 Å². The zero-order chi connectivity index (χ0) is 11.4. The van der Waals surface area contributed by atoms with E-state index in [1.165, 1.54) is 12.4 Å². The Hall–Kier alpha value is -1.23. The Labute approximate surface area is 93.9 Å². The minimum Gasteiger partial charge on any atom is -0.396 e. The van der Waals surface area contributed by atoms with Gasteiger partial charge in [-0.25, -0.2) is 9.97 Å². The minimum absolute atomic E-state index is 0.172. The summed E-state index contributed by atoms with van der Waals surface area (Å²) in [4.78, 5) is 7.36. The molecule has 1 fully saturated rings. The Balaban J connectivity index is 2.02. The number of aromatic nitrogens is 2. The summed E-state index contributed by atoms with van der Waals surface area (Å²) >= 11 is 0. The lowest BCUT2D eigenvalue weighted by Crippen LogP contribution is -2.34. The molecule has 2 unspecified atom stereocenters. The molecule has 2 atom stereocenters. The van der Waals surface area contributed by atoms with Gasteiger partial charge in [-0.15, -0.1) is 0 Å². The second-order valence-corrected chi connectivity index (χ2v) is 4.20. The third-order valence-electron chi connectivity index (χ3n) is 3.11. The van der Waals surface area contributed by atoms with Gasteiger partial charge in [-0.2, -0.15) is 4.39 Å². The predicted octanol–water partition coefficient (Wildman–Crippen LogP) is 1.58. The van der Waals surface area contributed by atoms with Crippen molar-refractivity contribution in [3.05, 3.63) is 18.3 Å². The van der Waals surface area contributed by atoms with E-state index < -0.39 is 5.95 Å². The summed E-state index contributed by atoms with van der Waals surface area (Å²) in [5, 5.41) is 12.4. The smallest absolute Gasteiger partial charge is 0.217 e. The third-order valence-corrected chi connectivity index (χ3v) is 3.11. The Morgan fingerprint density at radius 3 is 2.94 bits per heavy atom. The van der Waals surface area contributed by atoms with Crippen LogP contribution < -0.4 is 5.32 Å². The highest BCUT2D eigenvalue weighted by atomic mass is 19.1. The molecule has 0 radical (unpaired) electrons.